The summed E-state index contributed by atoms with van der Waals surface area (Å²) in [6, 6.07) is 0.543. The van der Waals surface area contributed by atoms with Crippen molar-refractivity contribution >= 4 is 11.8 Å². The van der Waals surface area contributed by atoms with Crippen molar-refractivity contribution in [2.24, 2.45) is 0 Å². The molecule has 1 aromatic rings. The van der Waals surface area contributed by atoms with E-state index in [1.165, 1.54) is 25.0 Å². The highest BCUT2D eigenvalue weighted by atomic mass is 32.2. The van der Waals surface area contributed by atoms with Gasteiger partial charge in [-0.05, 0) is 31.6 Å². The zero-order valence-electron chi connectivity index (χ0n) is 11.3. The Labute approximate surface area is 113 Å². The van der Waals surface area contributed by atoms with Crippen LogP contribution in [0.2, 0.25) is 0 Å². The minimum absolute atomic E-state index is 0.439. The number of hydrogen-bond donors (Lipinski definition) is 1. The first-order valence-electron chi connectivity index (χ1n) is 6.93. The van der Waals surface area contributed by atoms with E-state index in [-0.39, 0.29) is 0 Å². The lowest BCUT2D eigenvalue weighted by Gasteiger charge is -2.17. The van der Waals surface area contributed by atoms with Gasteiger partial charge in [-0.3, -0.25) is 0 Å². The van der Waals surface area contributed by atoms with Crippen molar-refractivity contribution in [3.05, 3.63) is 11.8 Å². The summed E-state index contributed by atoms with van der Waals surface area (Å²) >= 11 is 1.95. The Hall–Kier alpha value is -0.550. The van der Waals surface area contributed by atoms with E-state index in [0.29, 0.717) is 11.3 Å². The second-order valence-electron chi connectivity index (χ2n) is 5.10. The van der Waals surface area contributed by atoms with Gasteiger partial charge >= 0.3 is 0 Å². The highest BCUT2D eigenvalue weighted by Crippen LogP contribution is 2.37. The first-order chi connectivity index (χ1) is 8.75. The van der Waals surface area contributed by atoms with Gasteiger partial charge in [0.25, 0.3) is 0 Å². The van der Waals surface area contributed by atoms with Gasteiger partial charge < -0.3 is 9.73 Å². The normalized spacial score (nSPS) is 20.5. The summed E-state index contributed by atoms with van der Waals surface area (Å²) in [5, 5.41) is 12.2. The Morgan fingerprint density at radius 1 is 1.39 bits per heavy atom. The van der Waals surface area contributed by atoms with Gasteiger partial charge in [-0.15, -0.1) is 22.0 Å². The molecule has 0 bridgehead atoms. The summed E-state index contributed by atoms with van der Waals surface area (Å²) in [6.07, 6.45) is 5.72. The van der Waals surface area contributed by atoms with Gasteiger partial charge in [-0.2, -0.15) is 0 Å². The fraction of sp³-hybridized carbons (Fsp3) is 0.846. The zero-order chi connectivity index (χ0) is 12.8. The minimum atomic E-state index is 0.439. The van der Waals surface area contributed by atoms with E-state index in [9.17, 15) is 0 Å². The Kier molecular flexibility index (Phi) is 5.50. The molecule has 4 nitrogen and oxygen atoms in total. The third-order valence-corrected chi connectivity index (χ3v) is 4.42. The quantitative estimate of drug-likeness (QED) is 0.805. The van der Waals surface area contributed by atoms with Gasteiger partial charge in [0, 0.05) is 12.5 Å². The van der Waals surface area contributed by atoms with E-state index in [0.717, 1.165) is 31.2 Å². The topological polar surface area (TPSA) is 51.0 Å². The molecule has 0 saturated carbocycles. The lowest BCUT2D eigenvalue weighted by Crippen LogP contribution is -2.23. The summed E-state index contributed by atoms with van der Waals surface area (Å²) < 4.78 is 5.76. The number of rotatable bonds is 6. The van der Waals surface area contributed by atoms with E-state index in [2.05, 4.69) is 29.4 Å². The van der Waals surface area contributed by atoms with Crippen molar-refractivity contribution < 1.29 is 4.42 Å². The van der Waals surface area contributed by atoms with Crippen molar-refractivity contribution in [2.45, 2.75) is 57.2 Å². The number of aromatic nitrogens is 2. The van der Waals surface area contributed by atoms with Gasteiger partial charge in [-0.1, -0.05) is 20.3 Å². The maximum atomic E-state index is 5.76. The molecule has 1 fully saturated rings. The van der Waals surface area contributed by atoms with E-state index in [1.807, 2.05) is 11.8 Å². The maximum absolute atomic E-state index is 5.76. The summed E-state index contributed by atoms with van der Waals surface area (Å²) in [4.78, 5) is 0. The molecule has 1 atom stereocenters. The number of thioether (sulfide) groups is 1. The van der Waals surface area contributed by atoms with Crippen molar-refractivity contribution in [1.82, 2.24) is 15.5 Å². The second-order valence-corrected chi connectivity index (χ2v) is 6.41. The molecule has 1 saturated heterocycles. The maximum Gasteiger partial charge on any atom is 0.229 e. The van der Waals surface area contributed by atoms with E-state index >= 15 is 0 Å². The van der Waals surface area contributed by atoms with Gasteiger partial charge in [0.1, 0.15) is 0 Å². The first-order valence-corrected chi connectivity index (χ1v) is 7.98. The molecule has 1 N–H and O–H groups in total. The Morgan fingerprint density at radius 3 is 3.00 bits per heavy atom. The number of hydrogen-bond acceptors (Lipinski definition) is 5. The molecule has 2 heterocycles. The smallest absolute Gasteiger partial charge is 0.229 e. The zero-order valence-corrected chi connectivity index (χ0v) is 12.1. The lowest BCUT2D eigenvalue weighted by atomic mass is 10.2. The number of nitrogens with zero attached hydrogens (tertiary/aromatic N) is 2. The minimum Gasteiger partial charge on any atom is -0.424 e. The predicted octanol–water partition coefficient (Wildman–Crippen LogP) is 2.96. The van der Waals surface area contributed by atoms with Crippen LogP contribution in [0, 0.1) is 0 Å². The molecule has 0 aromatic carbocycles. The SMILES string of the molecule is CC(C)NCCCc1nnc(C2CCCCS2)o1. The van der Waals surface area contributed by atoms with Crippen LogP contribution in [0.25, 0.3) is 0 Å². The van der Waals surface area contributed by atoms with Crippen LogP contribution in [-0.2, 0) is 6.42 Å². The monoisotopic (exact) mass is 269 g/mol. The molecule has 0 amide bonds. The van der Waals surface area contributed by atoms with E-state index in [1.54, 1.807) is 0 Å². The molecule has 18 heavy (non-hydrogen) atoms. The van der Waals surface area contributed by atoms with Crippen LogP contribution in [0.15, 0.2) is 4.42 Å². The average Bonchev–Trinajstić information content (AvgIpc) is 2.84. The van der Waals surface area contributed by atoms with Gasteiger partial charge in [0.15, 0.2) is 0 Å². The molecule has 0 radical (unpaired) electrons. The summed E-state index contributed by atoms with van der Waals surface area (Å²) in [5.41, 5.74) is 0. The second kappa shape index (κ2) is 7.14. The molecule has 1 aliphatic rings. The standard InChI is InChI=1S/C13H23N3OS/c1-10(2)14-8-5-7-12-15-16-13(17-12)11-6-3-4-9-18-11/h10-11,14H,3-9H2,1-2H3. The van der Waals surface area contributed by atoms with Crippen molar-refractivity contribution in [3.8, 4) is 0 Å². The van der Waals surface area contributed by atoms with Crippen LogP contribution in [0.5, 0.6) is 0 Å². The fourth-order valence-corrected chi connectivity index (χ4v) is 3.29. The van der Waals surface area contributed by atoms with Crippen LogP contribution in [0.4, 0.5) is 0 Å². The molecular weight excluding hydrogens is 246 g/mol. The van der Waals surface area contributed by atoms with E-state index < -0.39 is 0 Å². The van der Waals surface area contributed by atoms with Crippen LogP contribution in [-0.4, -0.2) is 28.5 Å². The predicted molar refractivity (Wildman–Crippen MR) is 74.8 cm³/mol. The molecule has 102 valence electrons. The first kappa shape index (κ1) is 13.9. The molecule has 5 heteroatoms. The van der Waals surface area contributed by atoms with Crippen LogP contribution in [0.1, 0.15) is 56.6 Å². The number of nitrogens with one attached hydrogen (secondary N) is 1. The number of aryl methyl sites for hydroxylation is 1. The molecule has 1 aliphatic heterocycles. The van der Waals surface area contributed by atoms with Gasteiger partial charge in [0.2, 0.25) is 11.8 Å². The molecule has 2 rings (SSSR count). The van der Waals surface area contributed by atoms with Crippen LogP contribution in [0.3, 0.4) is 0 Å². The molecule has 0 aliphatic carbocycles. The van der Waals surface area contributed by atoms with Crippen molar-refractivity contribution in [1.29, 1.82) is 0 Å². The third-order valence-electron chi connectivity index (χ3n) is 3.06. The largest absolute Gasteiger partial charge is 0.424 e. The average molecular weight is 269 g/mol. The summed E-state index contributed by atoms with van der Waals surface area (Å²) in [6.45, 7) is 5.32. The fourth-order valence-electron chi connectivity index (χ4n) is 2.06. The highest BCUT2D eigenvalue weighted by molar-refractivity contribution is 7.99. The molecule has 1 aromatic heterocycles. The van der Waals surface area contributed by atoms with Gasteiger partial charge in [0.05, 0.1) is 5.25 Å². The molecule has 1 unspecified atom stereocenters. The van der Waals surface area contributed by atoms with Crippen molar-refractivity contribution in [2.75, 3.05) is 12.3 Å². The molecular formula is C13H23N3OS. The van der Waals surface area contributed by atoms with Crippen molar-refractivity contribution in [3.63, 3.8) is 0 Å². The highest BCUT2D eigenvalue weighted by Gasteiger charge is 2.21. The summed E-state index contributed by atoms with van der Waals surface area (Å²) in [5.74, 6) is 2.86. The van der Waals surface area contributed by atoms with E-state index in [4.69, 9.17) is 4.42 Å². The van der Waals surface area contributed by atoms with Gasteiger partial charge in [-0.25, -0.2) is 0 Å². The molecule has 0 spiro atoms. The Bertz CT molecular complexity index is 348. The summed E-state index contributed by atoms with van der Waals surface area (Å²) in [7, 11) is 0. The van der Waals surface area contributed by atoms with Crippen LogP contribution >= 0.6 is 11.8 Å². The Balaban J connectivity index is 1.75. The lowest BCUT2D eigenvalue weighted by molar-refractivity contribution is 0.427. The van der Waals surface area contributed by atoms with Crippen LogP contribution < -0.4 is 5.32 Å². The Morgan fingerprint density at radius 2 is 2.28 bits per heavy atom. The third kappa shape index (κ3) is 4.28.